The van der Waals surface area contributed by atoms with Crippen molar-refractivity contribution in [2.75, 3.05) is 6.54 Å². The standard InChI is InChI=1S/C13H23NO4/c1-12(6-4-3-5-7-12)8-10(15)14-9-13(2,18)11(16)17/h18H,3-9H2,1-2H3,(H,14,15)(H,16,17). The lowest BCUT2D eigenvalue weighted by atomic mass is 9.73. The third kappa shape index (κ3) is 4.29. The summed E-state index contributed by atoms with van der Waals surface area (Å²) < 4.78 is 0. The van der Waals surface area contributed by atoms with E-state index < -0.39 is 11.6 Å². The molecule has 1 saturated carbocycles. The highest BCUT2D eigenvalue weighted by atomic mass is 16.4. The molecular weight excluding hydrogens is 234 g/mol. The summed E-state index contributed by atoms with van der Waals surface area (Å²) in [6, 6.07) is 0. The number of hydrogen-bond acceptors (Lipinski definition) is 3. The zero-order chi connectivity index (χ0) is 13.8. The average Bonchev–Trinajstić information content (AvgIpc) is 2.26. The van der Waals surface area contributed by atoms with Crippen LogP contribution in [0.3, 0.4) is 0 Å². The van der Waals surface area contributed by atoms with Crippen molar-refractivity contribution in [2.45, 2.75) is 58.0 Å². The summed E-state index contributed by atoms with van der Waals surface area (Å²) in [5.74, 6) is -1.51. The second kappa shape index (κ2) is 5.69. The molecule has 3 N–H and O–H groups in total. The Morgan fingerprint density at radius 3 is 2.33 bits per heavy atom. The van der Waals surface area contributed by atoms with Gasteiger partial charge < -0.3 is 15.5 Å². The monoisotopic (exact) mass is 257 g/mol. The van der Waals surface area contributed by atoms with Crippen molar-refractivity contribution in [3.63, 3.8) is 0 Å². The van der Waals surface area contributed by atoms with Gasteiger partial charge in [0.05, 0.1) is 6.54 Å². The van der Waals surface area contributed by atoms with Crippen LogP contribution in [0.4, 0.5) is 0 Å². The number of carbonyl (C=O) groups is 2. The van der Waals surface area contributed by atoms with Gasteiger partial charge in [-0.05, 0) is 25.2 Å². The van der Waals surface area contributed by atoms with Crippen LogP contribution in [-0.2, 0) is 9.59 Å². The Morgan fingerprint density at radius 2 is 1.83 bits per heavy atom. The largest absolute Gasteiger partial charge is 0.479 e. The van der Waals surface area contributed by atoms with Gasteiger partial charge in [0, 0.05) is 6.42 Å². The lowest BCUT2D eigenvalue weighted by Gasteiger charge is -2.33. The zero-order valence-electron chi connectivity index (χ0n) is 11.2. The van der Waals surface area contributed by atoms with E-state index in [0.29, 0.717) is 6.42 Å². The molecule has 0 radical (unpaired) electrons. The van der Waals surface area contributed by atoms with E-state index in [1.807, 2.05) is 0 Å². The molecule has 1 fully saturated rings. The average molecular weight is 257 g/mol. The Hall–Kier alpha value is -1.10. The highest BCUT2D eigenvalue weighted by Crippen LogP contribution is 2.38. The topological polar surface area (TPSA) is 86.6 Å². The number of carboxylic acid groups (broad SMARTS) is 1. The SMILES string of the molecule is CC1(CC(=O)NCC(C)(O)C(=O)O)CCCCC1. The minimum Gasteiger partial charge on any atom is -0.479 e. The van der Waals surface area contributed by atoms with Crippen LogP contribution < -0.4 is 5.32 Å². The first kappa shape index (κ1) is 15.0. The third-order valence-electron chi connectivity index (χ3n) is 3.74. The van der Waals surface area contributed by atoms with Crippen LogP contribution in [0, 0.1) is 5.41 Å². The van der Waals surface area contributed by atoms with Crippen molar-refractivity contribution in [3.8, 4) is 0 Å². The minimum absolute atomic E-state index is 0.0252. The Morgan fingerprint density at radius 1 is 1.28 bits per heavy atom. The van der Waals surface area contributed by atoms with E-state index in [1.165, 1.54) is 13.3 Å². The molecule has 0 spiro atoms. The van der Waals surface area contributed by atoms with E-state index in [4.69, 9.17) is 5.11 Å². The molecule has 18 heavy (non-hydrogen) atoms. The van der Waals surface area contributed by atoms with E-state index in [1.54, 1.807) is 0 Å². The second-order valence-electron chi connectivity index (χ2n) is 5.90. The first-order valence-electron chi connectivity index (χ1n) is 6.48. The smallest absolute Gasteiger partial charge is 0.337 e. The summed E-state index contributed by atoms with van der Waals surface area (Å²) in [7, 11) is 0. The van der Waals surface area contributed by atoms with Gasteiger partial charge in [-0.15, -0.1) is 0 Å². The lowest BCUT2D eigenvalue weighted by Crippen LogP contribution is -2.47. The molecule has 104 valence electrons. The number of rotatable bonds is 5. The van der Waals surface area contributed by atoms with E-state index in [-0.39, 0.29) is 17.9 Å². The molecule has 0 bridgehead atoms. The summed E-state index contributed by atoms with van der Waals surface area (Å²) in [5, 5.41) is 20.7. The molecule has 1 aliphatic carbocycles. The maximum atomic E-state index is 11.8. The fraction of sp³-hybridized carbons (Fsp3) is 0.846. The molecule has 0 heterocycles. The summed E-state index contributed by atoms with van der Waals surface area (Å²) in [6.45, 7) is 3.02. The van der Waals surface area contributed by atoms with Crippen LogP contribution in [0.2, 0.25) is 0 Å². The van der Waals surface area contributed by atoms with Crippen molar-refractivity contribution in [1.82, 2.24) is 5.32 Å². The number of aliphatic hydroxyl groups is 1. The molecule has 0 aromatic rings. The fourth-order valence-corrected chi connectivity index (χ4v) is 2.38. The number of carboxylic acids is 1. The van der Waals surface area contributed by atoms with E-state index in [9.17, 15) is 14.7 Å². The number of amides is 1. The molecular formula is C13H23NO4. The molecule has 0 aliphatic heterocycles. The molecule has 5 heteroatoms. The normalized spacial score (nSPS) is 21.9. The van der Waals surface area contributed by atoms with Gasteiger partial charge >= 0.3 is 5.97 Å². The molecule has 0 saturated heterocycles. The van der Waals surface area contributed by atoms with Crippen molar-refractivity contribution in [2.24, 2.45) is 5.41 Å². The maximum absolute atomic E-state index is 11.8. The van der Waals surface area contributed by atoms with Gasteiger partial charge in [-0.3, -0.25) is 4.79 Å². The van der Waals surface area contributed by atoms with Gasteiger partial charge in [0.25, 0.3) is 0 Å². The summed E-state index contributed by atoms with van der Waals surface area (Å²) in [6.07, 6.45) is 6.01. The molecule has 1 atom stereocenters. The summed E-state index contributed by atoms with van der Waals surface area (Å²) in [5.41, 5.74) is -1.87. The Balaban J connectivity index is 2.40. The first-order chi connectivity index (χ1) is 8.25. The highest BCUT2D eigenvalue weighted by molar-refractivity contribution is 5.80. The predicted molar refractivity (Wildman–Crippen MR) is 67.1 cm³/mol. The van der Waals surface area contributed by atoms with Gasteiger partial charge in [0.15, 0.2) is 5.60 Å². The molecule has 5 nitrogen and oxygen atoms in total. The van der Waals surface area contributed by atoms with Crippen molar-refractivity contribution < 1.29 is 19.8 Å². The van der Waals surface area contributed by atoms with Crippen LogP contribution >= 0.6 is 0 Å². The molecule has 1 aliphatic rings. The maximum Gasteiger partial charge on any atom is 0.337 e. The highest BCUT2D eigenvalue weighted by Gasteiger charge is 2.33. The van der Waals surface area contributed by atoms with Crippen LogP contribution in [0.25, 0.3) is 0 Å². The zero-order valence-corrected chi connectivity index (χ0v) is 11.2. The van der Waals surface area contributed by atoms with Crippen molar-refractivity contribution >= 4 is 11.9 Å². The molecule has 1 unspecified atom stereocenters. The van der Waals surface area contributed by atoms with E-state index in [0.717, 1.165) is 25.7 Å². The second-order valence-corrected chi connectivity index (χ2v) is 5.90. The van der Waals surface area contributed by atoms with Crippen molar-refractivity contribution in [1.29, 1.82) is 0 Å². The first-order valence-corrected chi connectivity index (χ1v) is 6.48. The Labute approximate surface area is 108 Å². The van der Waals surface area contributed by atoms with E-state index in [2.05, 4.69) is 12.2 Å². The van der Waals surface area contributed by atoms with Gasteiger partial charge in [0.1, 0.15) is 0 Å². The Bertz CT molecular complexity index is 319. The van der Waals surface area contributed by atoms with Crippen LogP contribution in [0.5, 0.6) is 0 Å². The quantitative estimate of drug-likeness (QED) is 0.693. The predicted octanol–water partition coefficient (Wildman–Crippen LogP) is 1.30. The molecule has 1 rings (SSSR count). The minimum atomic E-state index is -1.90. The summed E-state index contributed by atoms with van der Waals surface area (Å²) >= 11 is 0. The molecule has 1 amide bonds. The lowest BCUT2D eigenvalue weighted by molar-refractivity contribution is -0.156. The number of nitrogens with one attached hydrogen (secondary N) is 1. The Kier molecular flexibility index (Phi) is 4.73. The molecule has 0 aromatic heterocycles. The van der Waals surface area contributed by atoms with E-state index >= 15 is 0 Å². The van der Waals surface area contributed by atoms with Crippen LogP contribution in [0.15, 0.2) is 0 Å². The molecule has 0 aromatic carbocycles. The van der Waals surface area contributed by atoms with Gasteiger partial charge in [-0.25, -0.2) is 4.79 Å². The number of hydrogen-bond donors (Lipinski definition) is 3. The van der Waals surface area contributed by atoms with Gasteiger partial charge in [-0.1, -0.05) is 26.2 Å². The fourth-order valence-electron chi connectivity index (χ4n) is 2.38. The van der Waals surface area contributed by atoms with Crippen LogP contribution in [-0.4, -0.2) is 34.2 Å². The number of aliphatic carboxylic acids is 1. The van der Waals surface area contributed by atoms with Crippen molar-refractivity contribution in [3.05, 3.63) is 0 Å². The van der Waals surface area contributed by atoms with Gasteiger partial charge in [-0.2, -0.15) is 0 Å². The number of carbonyl (C=O) groups excluding carboxylic acids is 1. The summed E-state index contributed by atoms with van der Waals surface area (Å²) in [4.78, 5) is 22.5. The van der Waals surface area contributed by atoms with Gasteiger partial charge in [0.2, 0.25) is 5.91 Å². The third-order valence-corrected chi connectivity index (χ3v) is 3.74. The van der Waals surface area contributed by atoms with Crippen LogP contribution in [0.1, 0.15) is 52.4 Å².